The van der Waals surface area contributed by atoms with Crippen LogP contribution in [-0.4, -0.2) is 46.8 Å². The first-order valence-electron chi connectivity index (χ1n) is 8.46. The fourth-order valence-electron chi connectivity index (χ4n) is 3.02. The average molecular weight is 415 g/mol. The minimum atomic E-state index is -0.546. The Labute approximate surface area is 165 Å². The first-order chi connectivity index (χ1) is 12.9. The minimum absolute atomic E-state index is 0.0370. The Morgan fingerprint density at radius 2 is 2.19 bits per heavy atom. The molecule has 0 radical (unpaired) electrons. The molecule has 2 heterocycles. The molecule has 1 aliphatic heterocycles. The highest BCUT2D eigenvalue weighted by atomic mass is 35.5. The van der Waals surface area contributed by atoms with E-state index in [4.69, 9.17) is 27.9 Å². The van der Waals surface area contributed by atoms with Crippen LogP contribution in [0, 0.1) is 5.92 Å². The third-order valence-electron chi connectivity index (χ3n) is 4.33. The third kappa shape index (κ3) is 5.04. The highest BCUT2D eigenvalue weighted by Gasteiger charge is 2.27. The van der Waals surface area contributed by atoms with Crippen LogP contribution in [0.4, 0.5) is 0 Å². The monoisotopic (exact) mass is 414 g/mol. The van der Waals surface area contributed by atoms with Crippen LogP contribution < -0.4 is 16.3 Å². The molecule has 0 saturated carbocycles. The molecule has 0 aliphatic carbocycles. The molecule has 1 aromatic heterocycles. The first kappa shape index (κ1) is 19.8. The summed E-state index contributed by atoms with van der Waals surface area (Å²) in [5.41, 5.74) is 0.343. The molecule has 146 valence electrons. The third-order valence-corrected chi connectivity index (χ3v) is 5.07. The summed E-state index contributed by atoms with van der Waals surface area (Å²) in [7, 11) is 0. The number of rotatable bonds is 5. The SMILES string of the molecule is O=C(Cn1cc(O)[nH]c1=O)NC[C@@H]1CNCCO[C@H]1c1ccc(Cl)c(Cl)c1. The molecule has 2 atom stereocenters. The molecule has 0 bridgehead atoms. The van der Waals surface area contributed by atoms with Crippen LogP contribution in [0.1, 0.15) is 11.7 Å². The van der Waals surface area contributed by atoms with Gasteiger partial charge in [0.15, 0.2) is 0 Å². The normalized spacial score (nSPS) is 20.2. The Morgan fingerprint density at radius 1 is 1.37 bits per heavy atom. The standard InChI is InChI=1S/C17H20Cl2N4O4/c18-12-2-1-10(5-13(12)19)16-11(6-20-3-4-27-16)7-21-14(24)8-23-9-15(25)22-17(23)26/h1-2,5,9,11,16,20,25H,3-4,6-8H2,(H,21,24)(H,22,26)/t11-,16-/m0/s1. The number of ether oxygens (including phenoxy) is 1. The van der Waals surface area contributed by atoms with Crippen LogP contribution in [0.5, 0.6) is 5.88 Å². The van der Waals surface area contributed by atoms with Crippen molar-refractivity contribution in [3.8, 4) is 5.88 Å². The molecule has 10 heteroatoms. The maximum absolute atomic E-state index is 12.2. The number of nitrogens with zero attached hydrogens (tertiary/aromatic N) is 1. The number of benzene rings is 1. The van der Waals surface area contributed by atoms with Crippen molar-refractivity contribution in [2.24, 2.45) is 5.92 Å². The molecule has 1 aliphatic rings. The van der Waals surface area contributed by atoms with E-state index in [0.717, 1.165) is 10.1 Å². The fraction of sp³-hybridized carbons (Fsp3) is 0.412. The van der Waals surface area contributed by atoms with E-state index in [1.807, 2.05) is 6.07 Å². The lowest BCUT2D eigenvalue weighted by Crippen LogP contribution is -2.38. The van der Waals surface area contributed by atoms with Crippen molar-refractivity contribution >= 4 is 29.1 Å². The number of aromatic amines is 1. The summed E-state index contributed by atoms with van der Waals surface area (Å²) >= 11 is 12.1. The van der Waals surface area contributed by atoms with Crippen LogP contribution in [-0.2, 0) is 16.1 Å². The van der Waals surface area contributed by atoms with Crippen molar-refractivity contribution in [2.75, 3.05) is 26.2 Å². The van der Waals surface area contributed by atoms with Crippen LogP contribution in [0.25, 0.3) is 0 Å². The largest absolute Gasteiger partial charge is 0.493 e. The number of nitrogens with one attached hydrogen (secondary N) is 3. The number of H-pyrrole nitrogens is 1. The second-order valence-corrected chi connectivity index (χ2v) is 7.12. The number of carbonyl (C=O) groups is 1. The zero-order valence-corrected chi connectivity index (χ0v) is 15.9. The van der Waals surface area contributed by atoms with E-state index in [9.17, 15) is 14.7 Å². The number of aromatic hydroxyl groups is 1. The number of aromatic nitrogens is 2. The average Bonchev–Trinajstić information content (AvgIpc) is 2.82. The molecule has 8 nitrogen and oxygen atoms in total. The van der Waals surface area contributed by atoms with Gasteiger partial charge in [-0.1, -0.05) is 29.3 Å². The van der Waals surface area contributed by atoms with E-state index in [1.165, 1.54) is 6.20 Å². The summed E-state index contributed by atoms with van der Waals surface area (Å²) < 4.78 is 7.06. The van der Waals surface area contributed by atoms with Gasteiger partial charge < -0.3 is 20.5 Å². The van der Waals surface area contributed by atoms with E-state index in [1.54, 1.807) is 12.1 Å². The zero-order valence-electron chi connectivity index (χ0n) is 14.4. The van der Waals surface area contributed by atoms with Gasteiger partial charge in [-0.3, -0.25) is 14.3 Å². The summed E-state index contributed by atoms with van der Waals surface area (Å²) in [5.74, 6) is -0.660. The van der Waals surface area contributed by atoms with E-state index < -0.39 is 5.69 Å². The van der Waals surface area contributed by atoms with Gasteiger partial charge in [0, 0.05) is 25.6 Å². The number of hydrogen-bond donors (Lipinski definition) is 4. The van der Waals surface area contributed by atoms with Crippen LogP contribution in [0.15, 0.2) is 29.2 Å². The Morgan fingerprint density at radius 3 is 2.89 bits per heavy atom. The second-order valence-electron chi connectivity index (χ2n) is 6.31. The van der Waals surface area contributed by atoms with Crippen molar-refractivity contribution in [1.29, 1.82) is 0 Å². The number of imidazole rings is 1. The van der Waals surface area contributed by atoms with Crippen molar-refractivity contribution < 1.29 is 14.6 Å². The number of hydrogen-bond acceptors (Lipinski definition) is 5. The molecular weight excluding hydrogens is 395 g/mol. The molecule has 0 unspecified atom stereocenters. The molecule has 1 fully saturated rings. The molecule has 1 aromatic carbocycles. The van der Waals surface area contributed by atoms with Gasteiger partial charge in [-0.05, 0) is 17.7 Å². The molecule has 27 heavy (non-hydrogen) atoms. The Bertz CT molecular complexity index is 867. The molecule has 3 rings (SSSR count). The van der Waals surface area contributed by atoms with Crippen LogP contribution in [0.2, 0.25) is 10.0 Å². The molecule has 2 aromatic rings. The highest BCUT2D eigenvalue weighted by molar-refractivity contribution is 6.42. The van der Waals surface area contributed by atoms with Gasteiger partial charge in [0.05, 0.1) is 29.0 Å². The molecular formula is C17H20Cl2N4O4. The van der Waals surface area contributed by atoms with Crippen molar-refractivity contribution in [3.05, 3.63) is 50.5 Å². The lowest BCUT2D eigenvalue weighted by molar-refractivity contribution is -0.122. The van der Waals surface area contributed by atoms with E-state index >= 15 is 0 Å². The summed E-state index contributed by atoms with van der Waals surface area (Å²) in [6.45, 7) is 2.06. The van der Waals surface area contributed by atoms with Crippen LogP contribution >= 0.6 is 23.2 Å². The Hall–Kier alpha value is -2.00. The van der Waals surface area contributed by atoms with Crippen molar-refractivity contribution in [2.45, 2.75) is 12.6 Å². The summed E-state index contributed by atoms with van der Waals surface area (Å²) in [6.07, 6.45) is 0.922. The van der Waals surface area contributed by atoms with Gasteiger partial charge in [-0.2, -0.15) is 0 Å². The van der Waals surface area contributed by atoms with E-state index in [0.29, 0.717) is 36.3 Å². The van der Waals surface area contributed by atoms with Crippen molar-refractivity contribution in [3.63, 3.8) is 0 Å². The lowest BCUT2D eigenvalue weighted by atomic mass is 9.95. The van der Waals surface area contributed by atoms with Crippen LogP contribution in [0.3, 0.4) is 0 Å². The smallest absolute Gasteiger partial charge is 0.328 e. The number of amides is 1. The quantitative estimate of drug-likeness (QED) is 0.589. The summed E-state index contributed by atoms with van der Waals surface area (Å²) in [4.78, 5) is 25.9. The number of carbonyl (C=O) groups excluding carboxylic acids is 1. The molecule has 1 amide bonds. The van der Waals surface area contributed by atoms with Gasteiger partial charge in [-0.15, -0.1) is 0 Å². The predicted molar refractivity (Wildman–Crippen MR) is 101 cm³/mol. The van der Waals surface area contributed by atoms with Crippen molar-refractivity contribution in [1.82, 2.24) is 20.2 Å². The maximum atomic E-state index is 12.2. The zero-order chi connectivity index (χ0) is 19.4. The van der Waals surface area contributed by atoms with E-state index in [2.05, 4.69) is 15.6 Å². The lowest BCUT2D eigenvalue weighted by Gasteiger charge is -2.25. The van der Waals surface area contributed by atoms with Gasteiger partial charge in [0.1, 0.15) is 6.54 Å². The number of halogens is 2. The predicted octanol–water partition coefficient (Wildman–Crippen LogP) is 1.28. The fourth-order valence-corrected chi connectivity index (χ4v) is 3.32. The van der Waals surface area contributed by atoms with Gasteiger partial charge in [0.25, 0.3) is 0 Å². The Kier molecular flexibility index (Phi) is 6.43. The second kappa shape index (κ2) is 8.79. The molecule has 0 spiro atoms. The van der Waals surface area contributed by atoms with E-state index in [-0.39, 0.29) is 30.4 Å². The highest BCUT2D eigenvalue weighted by Crippen LogP contribution is 2.31. The van der Waals surface area contributed by atoms with Gasteiger partial charge in [0.2, 0.25) is 11.8 Å². The minimum Gasteiger partial charge on any atom is -0.493 e. The molecule has 4 N–H and O–H groups in total. The van der Waals surface area contributed by atoms with Gasteiger partial charge >= 0.3 is 5.69 Å². The first-order valence-corrected chi connectivity index (χ1v) is 9.22. The summed E-state index contributed by atoms with van der Waals surface area (Å²) in [5, 5.41) is 16.3. The maximum Gasteiger partial charge on any atom is 0.328 e. The van der Waals surface area contributed by atoms with Gasteiger partial charge in [-0.25, -0.2) is 4.79 Å². The molecule has 1 saturated heterocycles. The summed E-state index contributed by atoms with van der Waals surface area (Å²) in [6, 6.07) is 5.36. The Balaban J connectivity index is 1.66. The topological polar surface area (TPSA) is 108 Å².